The number of anilines is 1. The molecule has 2 N–H and O–H groups in total. The molecule has 0 aliphatic carbocycles. The molecule has 1 aromatic heterocycles. The number of hydrogen-bond acceptors (Lipinski definition) is 5. The average molecular weight is 466 g/mol. The fourth-order valence-electron chi connectivity index (χ4n) is 3.97. The van der Waals surface area contributed by atoms with E-state index in [1.54, 1.807) is 13.1 Å². The maximum atomic E-state index is 12.8. The van der Waals surface area contributed by atoms with Gasteiger partial charge in [0.1, 0.15) is 6.10 Å². The number of ether oxygens (including phenoxy) is 1. The van der Waals surface area contributed by atoms with Gasteiger partial charge in [-0.2, -0.15) is 0 Å². The van der Waals surface area contributed by atoms with Crippen molar-refractivity contribution in [3.63, 3.8) is 0 Å². The molecule has 2 atom stereocenters. The van der Waals surface area contributed by atoms with E-state index < -0.39 is 6.10 Å². The van der Waals surface area contributed by atoms with Gasteiger partial charge in [-0.15, -0.1) is 0 Å². The molecule has 0 radical (unpaired) electrons. The van der Waals surface area contributed by atoms with Crippen LogP contribution in [0.1, 0.15) is 47.1 Å². The fraction of sp³-hybridized carbons (Fsp3) is 0.207. The number of aromatic nitrogens is 2. The second-order valence-corrected chi connectivity index (χ2v) is 8.80. The second-order valence-electron chi connectivity index (χ2n) is 8.80. The molecule has 6 heteroatoms. The Morgan fingerprint density at radius 3 is 2.40 bits per heavy atom. The fourth-order valence-corrected chi connectivity index (χ4v) is 3.97. The number of amides is 1. The Bertz CT molecular complexity index is 1300. The van der Waals surface area contributed by atoms with Crippen LogP contribution < -0.4 is 5.32 Å². The Morgan fingerprint density at radius 1 is 1.03 bits per heavy atom. The first kappa shape index (κ1) is 22.9. The molecular formula is C29H27N3O3. The topological polar surface area (TPSA) is 87.6 Å². The van der Waals surface area contributed by atoms with Gasteiger partial charge in [-0.05, 0) is 29.2 Å². The first-order valence-corrected chi connectivity index (χ1v) is 11.7. The highest BCUT2D eigenvalue weighted by Gasteiger charge is 2.24. The van der Waals surface area contributed by atoms with Crippen molar-refractivity contribution >= 4 is 11.7 Å². The van der Waals surface area contributed by atoms with Crippen molar-refractivity contribution in [3.8, 4) is 11.3 Å². The number of nitrogens with one attached hydrogen (secondary N) is 1. The Kier molecular flexibility index (Phi) is 6.66. The molecule has 176 valence electrons. The van der Waals surface area contributed by atoms with Crippen LogP contribution in [-0.4, -0.2) is 27.6 Å². The summed E-state index contributed by atoms with van der Waals surface area (Å²) in [6.07, 6.45) is 2.14. The summed E-state index contributed by atoms with van der Waals surface area (Å²) in [5, 5.41) is 12.7. The van der Waals surface area contributed by atoms with E-state index in [2.05, 4.69) is 10.3 Å². The molecule has 1 saturated heterocycles. The third-order valence-corrected chi connectivity index (χ3v) is 6.06. The van der Waals surface area contributed by atoms with Crippen LogP contribution in [0.2, 0.25) is 0 Å². The molecular weight excluding hydrogens is 438 g/mol. The molecule has 1 amide bonds. The van der Waals surface area contributed by atoms with Crippen LogP contribution >= 0.6 is 0 Å². The summed E-state index contributed by atoms with van der Waals surface area (Å²) in [5.41, 5.74) is 6.30. The number of carbonyl (C=O) groups excluding carboxylic acids is 1. The summed E-state index contributed by atoms with van der Waals surface area (Å²) < 4.78 is 5.31. The highest BCUT2D eigenvalue weighted by atomic mass is 16.6. The predicted octanol–water partition coefficient (Wildman–Crippen LogP) is 5.04. The number of benzene rings is 3. The molecule has 4 aromatic rings. The highest BCUT2D eigenvalue weighted by Crippen LogP contribution is 2.29. The normalized spacial score (nSPS) is 15.4. The van der Waals surface area contributed by atoms with Crippen molar-refractivity contribution in [2.75, 3.05) is 11.9 Å². The molecule has 2 heterocycles. The first-order valence-electron chi connectivity index (χ1n) is 11.7. The van der Waals surface area contributed by atoms with Crippen LogP contribution in [0.5, 0.6) is 0 Å². The lowest BCUT2D eigenvalue weighted by Crippen LogP contribution is -2.17. The molecule has 0 bridgehead atoms. The van der Waals surface area contributed by atoms with Crippen LogP contribution in [-0.2, 0) is 22.4 Å². The zero-order chi connectivity index (χ0) is 24.2. The number of nitrogens with zero attached hydrogens (tertiary/aromatic N) is 2. The number of carbonyl (C=O) groups is 1. The van der Waals surface area contributed by atoms with Crippen molar-refractivity contribution in [1.82, 2.24) is 9.97 Å². The lowest BCUT2D eigenvalue weighted by atomic mass is 10.1. The van der Waals surface area contributed by atoms with E-state index in [1.807, 2.05) is 78.9 Å². The summed E-state index contributed by atoms with van der Waals surface area (Å²) in [5.74, 6) is 0.323. The minimum absolute atomic E-state index is 0.141. The van der Waals surface area contributed by atoms with Gasteiger partial charge in [-0.3, -0.25) is 4.79 Å². The third-order valence-electron chi connectivity index (χ3n) is 6.06. The lowest BCUT2D eigenvalue weighted by Gasteiger charge is -2.12. The van der Waals surface area contributed by atoms with E-state index >= 15 is 0 Å². The quantitative estimate of drug-likeness (QED) is 0.356. The van der Waals surface area contributed by atoms with Gasteiger partial charge < -0.3 is 15.2 Å². The van der Waals surface area contributed by atoms with Gasteiger partial charge in [0.05, 0.1) is 36.7 Å². The number of aliphatic hydroxyl groups is 1. The Balaban J connectivity index is 1.37. The largest absolute Gasteiger partial charge is 0.389 e. The van der Waals surface area contributed by atoms with E-state index in [4.69, 9.17) is 9.72 Å². The van der Waals surface area contributed by atoms with Gasteiger partial charge in [0.2, 0.25) is 5.91 Å². The lowest BCUT2D eigenvalue weighted by molar-refractivity contribution is -0.115. The molecule has 1 aliphatic heterocycles. The molecule has 6 nitrogen and oxygen atoms in total. The molecule has 3 aromatic carbocycles. The Morgan fingerprint density at radius 2 is 1.74 bits per heavy atom. The van der Waals surface area contributed by atoms with Crippen molar-refractivity contribution in [2.45, 2.75) is 32.0 Å². The minimum atomic E-state index is -0.528. The standard InChI is InChI=1S/C29H27N3O3/c1-19(33)22-11-13-23(14-12-22)26-17-30-29(25(31-26)15-20-5-3-2-4-6-20)32-28(34)16-21-7-9-24(10-8-21)27-18-35-27/h2-14,17,19,27,33H,15-16,18H2,1H3,(H,30,32,34). The molecule has 1 fully saturated rings. The highest BCUT2D eigenvalue weighted by molar-refractivity contribution is 5.92. The van der Waals surface area contributed by atoms with Crippen LogP contribution in [0.4, 0.5) is 5.82 Å². The van der Waals surface area contributed by atoms with Crippen molar-refractivity contribution in [2.24, 2.45) is 0 Å². The number of rotatable bonds is 8. The van der Waals surface area contributed by atoms with Crippen molar-refractivity contribution in [3.05, 3.63) is 113 Å². The summed E-state index contributed by atoms with van der Waals surface area (Å²) in [6, 6.07) is 25.6. The van der Waals surface area contributed by atoms with Gasteiger partial charge in [0.15, 0.2) is 5.82 Å². The van der Waals surface area contributed by atoms with Gasteiger partial charge in [0.25, 0.3) is 0 Å². The molecule has 2 unspecified atom stereocenters. The summed E-state index contributed by atoms with van der Waals surface area (Å²) in [7, 11) is 0. The van der Waals surface area contributed by atoms with Crippen LogP contribution in [0.25, 0.3) is 11.3 Å². The average Bonchev–Trinajstić information content (AvgIpc) is 3.72. The van der Waals surface area contributed by atoms with Crippen molar-refractivity contribution < 1.29 is 14.6 Å². The van der Waals surface area contributed by atoms with Crippen LogP contribution in [0, 0.1) is 0 Å². The van der Waals surface area contributed by atoms with Crippen LogP contribution in [0.15, 0.2) is 85.1 Å². The molecule has 0 saturated carbocycles. The number of epoxide rings is 1. The second kappa shape index (κ2) is 10.2. The van der Waals surface area contributed by atoms with E-state index in [0.29, 0.717) is 23.6 Å². The predicted molar refractivity (Wildman–Crippen MR) is 135 cm³/mol. The summed E-state index contributed by atoms with van der Waals surface area (Å²) in [6.45, 7) is 2.50. The number of hydrogen-bond donors (Lipinski definition) is 2. The van der Waals surface area contributed by atoms with Gasteiger partial charge in [-0.25, -0.2) is 9.97 Å². The van der Waals surface area contributed by atoms with E-state index in [0.717, 1.165) is 34.4 Å². The SMILES string of the molecule is CC(O)c1ccc(-c2cnc(NC(=O)Cc3ccc(C4CO4)cc3)c(Cc3ccccc3)n2)cc1. The van der Waals surface area contributed by atoms with E-state index in [9.17, 15) is 9.90 Å². The van der Waals surface area contributed by atoms with Crippen molar-refractivity contribution in [1.29, 1.82) is 0 Å². The maximum absolute atomic E-state index is 12.8. The Labute approximate surface area is 204 Å². The molecule has 5 rings (SSSR count). The van der Waals surface area contributed by atoms with Gasteiger partial charge in [-0.1, -0.05) is 78.9 Å². The molecule has 0 spiro atoms. The monoisotopic (exact) mass is 465 g/mol. The minimum Gasteiger partial charge on any atom is -0.389 e. The zero-order valence-corrected chi connectivity index (χ0v) is 19.5. The maximum Gasteiger partial charge on any atom is 0.229 e. The first-order chi connectivity index (χ1) is 17.0. The molecule has 1 aliphatic rings. The van der Waals surface area contributed by atoms with Gasteiger partial charge >= 0.3 is 0 Å². The Hall–Kier alpha value is -3.87. The summed E-state index contributed by atoms with van der Waals surface area (Å²) >= 11 is 0. The third kappa shape index (κ3) is 5.80. The van der Waals surface area contributed by atoms with Crippen LogP contribution in [0.3, 0.4) is 0 Å². The number of aliphatic hydroxyl groups excluding tert-OH is 1. The zero-order valence-electron chi connectivity index (χ0n) is 19.5. The molecule has 35 heavy (non-hydrogen) atoms. The van der Waals surface area contributed by atoms with E-state index in [1.165, 1.54) is 0 Å². The van der Waals surface area contributed by atoms with E-state index in [-0.39, 0.29) is 18.4 Å². The van der Waals surface area contributed by atoms with Gasteiger partial charge in [0, 0.05) is 12.0 Å². The smallest absolute Gasteiger partial charge is 0.229 e. The summed E-state index contributed by atoms with van der Waals surface area (Å²) in [4.78, 5) is 22.3.